The highest BCUT2D eigenvalue weighted by Gasteiger charge is 2.41. The fourth-order valence-corrected chi connectivity index (χ4v) is 2.30. The summed E-state index contributed by atoms with van der Waals surface area (Å²) in [6.07, 6.45) is -4.26. The second kappa shape index (κ2) is 5.53. The number of hydrogen-bond donors (Lipinski definition) is 1. The lowest BCUT2D eigenvalue weighted by molar-refractivity contribution is 0.0193. The normalized spacial score (nSPS) is 26.6. The van der Waals surface area contributed by atoms with E-state index in [1.54, 1.807) is 0 Å². The van der Waals surface area contributed by atoms with E-state index in [4.69, 9.17) is 28.3 Å². The van der Waals surface area contributed by atoms with Crippen molar-refractivity contribution in [3.63, 3.8) is 0 Å². The summed E-state index contributed by atoms with van der Waals surface area (Å²) < 4.78 is 28.5. The smallest absolute Gasteiger partial charge is 0.407 e. The molecule has 1 aliphatic heterocycles. The number of carbonyl (C=O) groups is 1. The number of rotatable bonds is 1. The maximum Gasteiger partial charge on any atom is 0.407 e. The molecule has 2 heterocycles. The Morgan fingerprint density at radius 1 is 1.35 bits per heavy atom. The third-order valence-electron chi connectivity index (χ3n) is 2.98. The molecule has 0 saturated carbocycles. The highest BCUT2D eigenvalue weighted by atomic mass is 35.5. The molecule has 0 bridgehead atoms. The minimum absolute atomic E-state index is 0.123. The Hall–Kier alpha value is -1.41. The van der Waals surface area contributed by atoms with Gasteiger partial charge in [0.05, 0.1) is 24.3 Å². The molecular weight excluding hydrogens is 319 g/mol. The number of piperidine rings is 1. The minimum Gasteiger partial charge on any atom is -0.465 e. The molecule has 110 valence electrons. The SMILES string of the molecule is O=C(O)N1C[C@@H](F)C(n2ncc(Cl)c(Cl)c2=O)[C@@H](F)C1. The predicted molar refractivity (Wildman–Crippen MR) is 66.9 cm³/mol. The fourth-order valence-electron chi connectivity index (χ4n) is 2.04. The lowest BCUT2D eigenvalue weighted by atomic mass is 10.0. The number of hydrogen-bond acceptors (Lipinski definition) is 3. The van der Waals surface area contributed by atoms with Crippen molar-refractivity contribution < 1.29 is 18.7 Å². The third-order valence-corrected chi connectivity index (χ3v) is 3.73. The second-order valence-electron chi connectivity index (χ2n) is 4.27. The molecule has 10 heteroatoms. The third kappa shape index (κ3) is 2.57. The highest BCUT2D eigenvalue weighted by molar-refractivity contribution is 6.41. The van der Waals surface area contributed by atoms with E-state index in [-0.39, 0.29) is 10.0 Å². The van der Waals surface area contributed by atoms with Crippen LogP contribution in [0.1, 0.15) is 6.04 Å². The van der Waals surface area contributed by atoms with Gasteiger partial charge in [0.1, 0.15) is 23.4 Å². The summed E-state index contributed by atoms with van der Waals surface area (Å²) in [5.74, 6) is 0. The number of alkyl halides is 2. The molecule has 1 aliphatic rings. The van der Waals surface area contributed by atoms with Gasteiger partial charge in [0.15, 0.2) is 0 Å². The van der Waals surface area contributed by atoms with E-state index in [0.29, 0.717) is 9.58 Å². The van der Waals surface area contributed by atoms with Crippen LogP contribution in [0.4, 0.5) is 13.6 Å². The van der Waals surface area contributed by atoms with E-state index in [1.807, 2.05) is 0 Å². The summed E-state index contributed by atoms with van der Waals surface area (Å²) in [5, 5.41) is 11.8. The molecule has 1 saturated heterocycles. The number of aromatic nitrogens is 2. The van der Waals surface area contributed by atoms with Gasteiger partial charge in [0, 0.05) is 0 Å². The van der Waals surface area contributed by atoms with E-state index in [0.717, 1.165) is 6.20 Å². The fraction of sp³-hybridized carbons (Fsp3) is 0.500. The minimum atomic E-state index is -1.92. The van der Waals surface area contributed by atoms with Crippen LogP contribution in [-0.2, 0) is 0 Å². The average Bonchev–Trinajstić information content (AvgIpc) is 2.37. The van der Waals surface area contributed by atoms with Gasteiger partial charge in [-0.25, -0.2) is 18.3 Å². The topological polar surface area (TPSA) is 75.4 Å². The van der Waals surface area contributed by atoms with Gasteiger partial charge in [0.25, 0.3) is 5.56 Å². The van der Waals surface area contributed by atoms with Gasteiger partial charge >= 0.3 is 6.09 Å². The van der Waals surface area contributed by atoms with Crippen LogP contribution in [0.25, 0.3) is 0 Å². The first-order chi connectivity index (χ1) is 9.32. The maximum absolute atomic E-state index is 14.0. The maximum atomic E-state index is 14.0. The van der Waals surface area contributed by atoms with Gasteiger partial charge in [0.2, 0.25) is 0 Å². The molecule has 0 radical (unpaired) electrons. The van der Waals surface area contributed by atoms with Crippen LogP contribution < -0.4 is 5.56 Å². The van der Waals surface area contributed by atoms with Crippen LogP contribution in [0.5, 0.6) is 0 Å². The van der Waals surface area contributed by atoms with E-state index >= 15 is 0 Å². The van der Waals surface area contributed by atoms with Crippen LogP contribution in [0.3, 0.4) is 0 Å². The number of halogens is 4. The average molecular weight is 328 g/mol. The van der Waals surface area contributed by atoms with E-state index in [1.165, 1.54) is 0 Å². The van der Waals surface area contributed by atoms with Crippen molar-refractivity contribution in [1.29, 1.82) is 0 Å². The molecule has 1 unspecified atom stereocenters. The molecule has 1 N–H and O–H groups in total. The second-order valence-corrected chi connectivity index (χ2v) is 5.05. The Bertz CT molecular complexity index is 586. The van der Waals surface area contributed by atoms with E-state index in [2.05, 4.69) is 5.10 Å². The first kappa shape index (κ1) is 15.0. The number of likely N-dealkylation sites (tertiary alicyclic amines) is 1. The van der Waals surface area contributed by atoms with Gasteiger partial charge in [-0.3, -0.25) is 4.79 Å². The largest absolute Gasteiger partial charge is 0.465 e. The lowest BCUT2D eigenvalue weighted by Gasteiger charge is -2.35. The van der Waals surface area contributed by atoms with Crippen LogP contribution in [0.15, 0.2) is 11.0 Å². The molecule has 3 atom stereocenters. The predicted octanol–water partition coefficient (Wildman–Crippen LogP) is 1.76. The summed E-state index contributed by atoms with van der Waals surface area (Å²) in [6, 6.07) is -1.53. The Morgan fingerprint density at radius 3 is 2.40 bits per heavy atom. The van der Waals surface area contributed by atoms with Crippen molar-refractivity contribution in [3.8, 4) is 0 Å². The first-order valence-electron chi connectivity index (χ1n) is 5.51. The van der Waals surface area contributed by atoms with Crippen molar-refractivity contribution in [3.05, 3.63) is 26.6 Å². The van der Waals surface area contributed by atoms with Crippen molar-refractivity contribution in [1.82, 2.24) is 14.7 Å². The number of nitrogens with zero attached hydrogens (tertiary/aromatic N) is 3. The summed E-state index contributed by atoms with van der Waals surface area (Å²) in [4.78, 5) is 23.1. The monoisotopic (exact) mass is 327 g/mol. The molecule has 0 aromatic carbocycles. The summed E-state index contributed by atoms with van der Waals surface area (Å²) in [7, 11) is 0. The molecule has 0 aliphatic carbocycles. The Kier molecular flexibility index (Phi) is 4.14. The van der Waals surface area contributed by atoms with Gasteiger partial charge in [-0.15, -0.1) is 0 Å². The van der Waals surface area contributed by atoms with E-state index in [9.17, 15) is 18.4 Å². The van der Waals surface area contributed by atoms with Gasteiger partial charge in [-0.05, 0) is 0 Å². The van der Waals surface area contributed by atoms with Gasteiger partial charge in [-0.2, -0.15) is 5.10 Å². The number of carboxylic acid groups (broad SMARTS) is 1. The Balaban J connectivity index is 2.37. The molecule has 1 aromatic heterocycles. The quantitative estimate of drug-likeness (QED) is 0.852. The molecule has 1 fully saturated rings. The zero-order valence-corrected chi connectivity index (χ0v) is 11.4. The highest BCUT2D eigenvalue weighted by Crippen LogP contribution is 2.27. The summed E-state index contributed by atoms with van der Waals surface area (Å²) in [6.45, 7) is -1.09. The molecule has 20 heavy (non-hydrogen) atoms. The van der Waals surface area contributed by atoms with Gasteiger partial charge in [-0.1, -0.05) is 23.2 Å². The van der Waals surface area contributed by atoms with Crippen molar-refractivity contribution >= 4 is 29.3 Å². The van der Waals surface area contributed by atoms with Crippen LogP contribution in [0, 0.1) is 0 Å². The molecule has 1 amide bonds. The summed E-state index contributed by atoms with van der Waals surface area (Å²) >= 11 is 11.2. The number of amides is 1. The zero-order valence-electron chi connectivity index (χ0n) is 9.84. The van der Waals surface area contributed by atoms with E-state index < -0.39 is 43.1 Å². The first-order valence-corrected chi connectivity index (χ1v) is 6.27. The van der Waals surface area contributed by atoms with Crippen LogP contribution in [-0.4, -0.2) is 51.3 Å². The molecule has 0 spiro atoms. The molecule has 2 rings (SSSR count). The van der Waals surface area contributed by atoms with Crippen molar-refractivity contribution in [2.24, 2.45) is 0 Å². The van der Waals surface area contributed by atoms with Crippen LogP contribution >= 0.6 is 23.2 Å². The molecular formula is C10H9Cl2F2N3O3. The molecule has 6 nitrogen and oxygen atoms in total. The standard InChI is InChI=1S/C10H9Cl2F2N3O3/c11-4-1-15-17(9(18)7(4)12)8-5(13)2-16(10(19)20)3-6(8)14/h1,5-6,8H,2-3H2,(H,19,20)/t5-,6+,8?. The van der Waals surface area contributed by atoms with Crippen molar-refractivity contribution in [2.45, 2.75) is 18.4 Å². The van der Waals surface area contributed by atoms with Gasteiger partial charge < -0.3 is 10.0 Å². The summed E-state index contributed by atoms with van der Waals surface area (Å²) in [5.41, 5.74) is -0.918. The Morgan fingerprint density at radius 2 is 1.90 bits per heavy atom. The Labute approximate surface area is 121 Å². The van der Waals surface area contributed by atoms with Crippen molar-refractivity contribution in [2.75, 3.05) is 13.1 Å². The molecule has 1 aromatic rings. The lowest BCUT2D eigenvalue weighted by Crippen LogP contribution is -2.53. The zero-order chi connectivity index (χ0) is 15.0. The van der Waals surface area contributed by atoms with Crippen LogP contribution in [0.2, 0.25) is 10.0 Å².